The number of rotatable bonds is 7. The monoisotopic (exact) mass is 467 g/mol. The van der Waals surface area contributed by atoms with Crippen LogP contribution in [0.5, 0.6) is 5.75 Å². The van der Waals surface area contributed by atoms with E-state index >= 15 is 0 Å². The van der Waals surface area contributed by atoms with E-state index in [-0.39, 0.29) is 18.1 Å². The van der Waals surface area contributed by atoms with Gasteiger partial charge in [0.25, 0.3) is 0 Å². The average Bonchev–Trinajstić information content (AvgIpc) is 3.53. The Balaban J connectivity index is 1.37. The third-order valence-corrected chi connectivity index (χ3v) is 6.40. The van der Waals surface area contributed by atoms with Crippen molar-refractivity contribution in [2.24, 2.45) is 0 Å². The number of carboxylic acid groups (broad SMARTS) is 1. The Morgan fingerprint density at radius 3 is 2.35 bits per heavy atom. The first kappa shape index (κ1) is 22.3. The number of hydrogen-bond donors (Lipinski definition) is 2. The molecule has 1 aliphatic heterocycles. The molecule has 8 heteroatoms. The van der Waals surface area contributed by atoms with Crippen LogP contribution in [-0.4, -0.2) is 46.4 Å². The summed E-state index contributed by atoms with van der Waals surface area (Å²) in [5, 5.41) is 21.3. The fourth-order valence-electron chi connectivity index (χ4n) is 4.02. The molecule has 5 nitrogen and oxygen atoms in total. The van der Waals surface area contributed by atoms with Crippen molar-refractivity contribution in [1.29, 1.82) is 0 Å². The van der Waals surface area contributed by atoms with E-state index < -0.39 is 17.4 Å². The molecule has 0 atom stereocenters. The minimum absolute atomic E-state index is 0.0371. The van der Waals surface area contributed by atoms with E-state index in [1.165, 1.54) is 6.07 Å². The number of likely N-dealkylation sites (tertiary alicyclic amines) is 1. The molecular formula is C23H24Cl2FNO4. The molecule has 0 bridgehead atoms. The molecule has 0 spiro atoms. The van der Waals surface area contributed by atoms with Crippen LogP contribution in [0.25, 0.3) is 0 Å². The minimum Gasteiger partial charge on any atom is -0.490 e. The van der Waals surface area contributed by atoms with E-state index in [1.54, 1.807) is 6.07 Å². The van der Waals surface area contributed by atoms with Gasteiger partial charge >= 0.3 is 5.97 Å². The summed E-state index contributed by atoms with van der Waals surface area (Å²) in [5.41, 5.74) is 0.355. The fraction of sp³-hybridized carbons (Fsp3) is 0.435. The SMILES string of the molecule is O=C(O)c1cc(C2CC2)c(OCC2(O)CCN(Cc3cc(Cl)cc(Cl)c3)CC2)cc1F. The standard InChI is InChI=1S/C23H24Cl2FNO4/c24-16-7-14(8-17(25)9-16)12-27-5-3-23(30,4-6-27)13-31-21-11-20(26)19(22(28)29)10-18(21)15-1-2-15/h7-11,15,30H,1-6,12-13H2,(H,28,29). The average molecular weight is 468 g/mol. The van der Waals surface area contributed by atoms with Crippen molar-refractivity contribution < 1.29 is 24.1 Å². The first-order chi connectivity index (χ1) is 14.7. The third-order valence-electron chi connectivity index (χ3n) is 5.96. The van der Waals surface area contributed by atoms with Crippen molar-refractivity contribution in [3.05, 3.63) is 62.9 Å². The third kappa shape index (κ3) is 5.50. The Labute approximate surface area is 190 Å². The molecular weight excluding hydrogens is 444 g/mol. The van der Waals surface area contributed by atoms with E-state index in [1.807, 2.05) is 12.1 Å². The highest BCUT2D eigenvalue weighted by Crippen LogP contribution is 2.45. The zero-order valence-electron chi connectivity index (χ0n) is 16.9. The van der Waals surface area contributed by atoms with E-state index in [0.29, 0.717) is 53.8 Å². The van der Waals surface area contributed by atoms with Gasteiger partial charge < -0.3 is 14.9 Å². The molecule has 31 heavy (non-hydrogen) atoms. The van der Waals surface area contributed by atoms with Gasteiger partial charge in [-0.1, -0.05) is 23.2 Å². The lowest BCUT2D eigenvalue weighted by molar-refractivity contribution is -0.0539. The maximum Gasteiger partial charge on any atom is 0.338 e. The first-order valence-corrected chi connectivity index (χ1v) is 11.1. The minimum atomic E-state index is -1.29. The van der Waals surface area contributed by atoms with Gasteiger partial charge in [-0.25, -0.2) is 9.18 Å². The number of ether oxygens (including phenoxy) is 1. The molecule has 166 valence electrons. The Morgan fingerprint density at radius 1 is 1.13 bits per heavy atom. The van der Waals surface area contributed by atoms with Crippen molar-refractivity contribution in [3.63, 3.8) is 0 Å². The van der Waals surface area contributed by atoms with Crippen molar-refractivity contribution in [3.8, 4) is 5.75 Å². The zero-order valence-corrected chi connectivity index (χ0v) is 18.4. The lowest BCUT2D eigenvalue weighted by atomic mass is 9.92. The second-order valence-electron chi connectivity index (χ2n) is 8.52. The first-order valence-electron chi connectivity index (χ1n) is 10.3. The van der Waals surface area contributed by atoms with Crippen LogP contribution in [0.4, 0.5) is 4.39 Å². The highest BCUT2D eigenvalue weighted by Gasteiger charge is 2.35. The number of aliphatic hydroxyl groups is 1. The Kier molecular flexibility index (Phi) is 6.44. The van der Waals surface area contributed by atoms with Gasteiger partial charge in [-0.3, -0.25) is 4.90 Å². The van der Waals surface area contributed by atoms with Gasteiger partial charge in [0.05, 0.1) is 5.56 Å². The van der Waals surface area contributed by atoms with E-state index in [0.717, 1.165) is 24.5 Å². The maximum atomic E-state index is 14.2. The smallest absolute Gasteiger partial charge is 0.338 e. The molecule has 0 radical (unpaired) electrons. The van der Waals surface area contributed by atoms with Crippen molar-refractivity contribution >= 4 is 29.2 Å². The highest BCUT2D eigenvalue weighted by atomic mass is 35.5. The molecule has 2 aliphatic rings. The van der Waals surface area contributed by atoms with Crippen molar-refractivity contribution in [2.45, 2.75) is 43.7 Å². The number of aromatic carboxylic acids is 1. The summed E-state index contributed by atoms with van der Waals surface area (Å²) >= 11 is 12.1. The van der Waals surface area contributed by atoms with E-state index in [4.69, 9.17) is 27.9 Å². The van der Waals surface area contributed by atoms with Crippen molar-refractivity contribution in [2.75, 3.05) is 19.7 Å². The van der Waals surface area contributed by atoms with E-state index in [2.05, 4.69) is 4.90 Å². The van der Waals surface area contributed by atoms with Crippen LogP contribution in [0.3, 0.4) is 0 Å². The molecule has 2 aromatic carbocycles. The molecule has 1 saturated heterocycles. The number of carbonyl (C=O) groups is 1. The summed E-state index contributed by atoms with van der Waals surface area (Å²) in [6, 6.07) is 7.96. The largest absolute Gasteiger partial charge is 0.490 e. The second-order valence-corrected chi connectivity index (χ2v) is 9.39. The summed E-state index contributed by atoms with van der Waals surface area (Å²) in [4.78, 5) is 13.5. The number of halogens is 3. The summed E-state index contributed by atoms with van der Waals surface area (Å²) in [7, 11) is 0. The second kappa shape index (κ2) is 8.94. The topological polar surface area (TPSA) is 70.0 Å². The highest BCUT2D eigenvalue weighted by molar-refractivity contribution is 6.34. The van der Waals surface area contributed by atoms with Gasteiger partial charge in [-0.15, -0.1) is 0 Å². The number of piperidine rings is 1. The van der Waals surface area contributed by atoms with Gasteiger partial charge in [0.1, 0.15) is 23.8 Å². The van der Waals surface area contributed by atoms with Crippen LogP contribution in [-0.2, 0) is 6.54 Å². The van der Waals surface area contributed by atoms with Gasteiger partial charge in [0, 0.05) is 35.7 Å². The Morgan fingerprint density at radius 2 is 1.77 bits per heavy atom. The summed E-state index contributed by atoms with van der Waals surface area (Å²) in [5.74, 6) is -1.60. The quantitative estimate of drug-likeness (QED) is 0.591. The van der Waals surface area contributed by atoms with Gasteiger partial charge in [-0.2, -0.15) is 0 Å². The van der Waals surface area contributed by atoms with Crippen LogP contribution in [0.15, 0.2) is 30.3 Å². The Bertz CT molecular complexity index is 968. The molecule has 1 saturated carbocycles. The Hall–Kier alpha value is -1.86. The molecule has 0 aromatic heterocycles. The lowest BCUT2D eigenvalue weighted by Gasteiger charge is -2.38. The molecule has 1 aliphatic carbocycles. The van der Waals surface area contributed by atoms with Crippen molar-refractivity contribution in [1.82, 2.24) is 4.90 Å². The summed E-state index contributed by atoms with van der Waals surface area (Å²) in [6.45, 7) is 2.07. The summed E-state index contributed by atoms with van der Waals surface area (Å²) < 4.78 is 20.0. The molecule has 2 aromatic rings. The number of hydrogen-bond acceptors (Lipinski definition) is 4. The van der Waals surface area contributed by atoms with Gasteiger partial charge in [-0.05, 0) is 67.0 Å². The maximum absolute atomic E-state index is 14.2. The zero-order chi connectivity index (χ0) is 22.2. The predicted octanol–water partition coefficient (Wildman–Crippen LogP) is 5.11. The molecule has 2 N–H and O–H groups in total. The molecule has 0 amide bonds. The number of benzene rings is 2. The molecule has 2 fully saturated rings. The normalized spacial score (nSPS) is 18.7. The molecule has 0 unspecified atom stereocenters. The van der Waals surface area contributed by atoms with Crippen LogP contribution < -0.4 is 4.74 Å². The molecule has 4 rings (SSSR count). The van der Waals surface area contributed by atoms with Crippen LogP contribution in [0, 0.1) is 5.82 Å². The van der Waals surface area contributed by atoms with Crippen LogP contribution >= 0.6 is 23.2 Å². The van der Waals surface area contributed by atoms with E-state index in [9.17, 15) is 19.4 Å². The van der Waals surface area contributed by atoms with Crippen LogP contribution in [0.1, 0.15) is 53.1 Å². The molecule has 1 heterocycles. The fourth-order valence-corrected chi connectivity index (χ4v) is 4.59. The lowest BCUT2D eigenvalue weighted by Crippen LogP contribution is -2.47. The number of nitrogens with zero attached hydrogens (tertiary/aromatic N) is 1. The van der Waals surface area contributed by atoms with Gasteiger partial charge in [0.2, 0.25) is 0 Å². The van der Waals surface area contributed by atoms with Gasteiger partial charge in [0.15, 0.2) is 0 Å². The summed E-state index contributed by atoms with van der Waals surface area (Å²) in [6.07, 6.45) is 2.87. The van der Waals surface area contributed by atoms with Crippen LogP contribution in [0.2, 0.25) is 10.0 Å². The number of carboxylic acids is 1. The predicted molar refractivity (Wildman–Crippen MR) is 117 cm³/mol.